The Morgan fingerprint density at radius 2 is 1.04 bits per heavy atom. The van der Waals surface area contributed by atoms with Crippen LogP contribution in [0.4, 0.5) is 0 Å². The fourth-order valence-electron chi connectivity index (χ4n) is 2.25. The highest BCUT2D eigenvalue weighted by molar-refractivity contribution is 5.90. The molecule has 0 aliphatic heterocycles. The van der Waals surface area contributed by atoms with Crippen LogP contribution in [0.3, 0.4) is 0 Å². The van der Waals surface area contributed by atoms with Crippen LogP contribution in [0.25, 0.3) is 11.1 Å². The van der Waals surface area contributed by atoms with E-state index in [0.29, 0.717) is 11.5 Å². The molecular formula is C22H22O6. The van der Waals surface area contributed by atoms with E-state index in [-0.39, 0.29) is 22.6 Å². The predicted octanol–water partition coefficient (Wildman–Crippen LogP) is 4.33. The maximum atomic E-state index is 11.9. The first-order chi connectivity index (χ1) is 13.3. The van der Waals surface area contributed by atoms with Crippen LogP contribution in [0, 0.1) is 0 Å². The molecule has 0 unspecified atom stereocenters. The van der Waals surface area contributed by atoms with Crippen molar-refractivity contribution in [2.45, 2.75) is 13.8 Å². The van der Waals surface area contributed by atoms with Crippen molar-refractivity contribution in [2.75, 3.05) is 14.2 Å². The molecule has 0 aromatic heterocycles. The third-order valence-corrected chi connectivity index (χ3v) is 3.76. The number of carbonyl (C=O) groups is 2. The van der Waals surface area contributed by atoms with Crippen LogP contribution in [0.15, 0.2) is 60.7 Å². The molecule has 0 saturated carbocycles. The summed E-state index contributed by atoms with van der Waals surface area (Å²) < 4.78 is 21.2. The van der Waals surface area contributed by atoms with Gasteiger partial charge in [0.05, 0.1) is 14.2 Å². The minimum Gasteiger partial charge on any atom is -0.493 e. The van der Waals surface area contributed by atoms with Crippen molar-refractivity contribution in [3.8, 4) is 34.1 Å². The van der Waals surface area contributed by atoms with Gasteiger partial charge in [-0.1, -0.05) is 25.3 Å². The summed E-state index contributed by atoms with van der Waals surface area (Å²) in [4.78, 5) is 23.8. The van der Waals surface area contributed by atoms with Gasteiger partial charge in [-0.25, -0.2) is 9.59 Å². The molecule has 28 heavy (non-hydrogen) atoms. The van der Waals surface area contributed by atoms with E-state index in [1.165, 1.54) is 14.2 Å². The lowest BCUT2D eigenvalue weighted by Crippen LogP contribution is -2.09. The van der Waals surface area contributed by atoms with Gasteiger partial charge in [0.15, 0.2) is 23.0 Å². The van der Waals surface area contributed by atoms with E-state index in [4.69, 9.17) is 18.9 Å². The van der Waals surface area contributed by atoms with Crippen molar-refractivity contribution >= 4 is 11.9 Å². The van der Waals surface area contributed by atoms with Gasteiger partial charge in [-0.2, -0.15) is 0 Å². The monoisotopic (exact) mass is 382 g/mol. The number of carbonyl (C=O) groups excluding carboxylic acids is 2. The number of esters is 2. The third kappa shape index (κ3) is 4.79. The zero-order chi connectivity index (χ0) is 20.8. The molecule has 0 fully saturated rings. The fourth-order valence-corrected chi connectivity index (χ4v) is 2.25. The second kappa shape index (κ2) is 8.90. The molecule has 2 aromatic carbocycles. The maximum absolute atomic E-state index is 11.9. The lowest BCUT2D eigenvalue weighted by molar-refractivity contribution is -0.131. The van der Waals surface area contributed by atoms with Crippen molar-refractivity contribution in [1.82, 2.24) is 0 Å². The Morgan fingerprint density at radius 3 is 1.32 bits per heavy atom. The summed E-state index contributed by atoms with van der Waals surface area (Å²) in [6.45, 7) is 10.3. The molecule has 0 spiro atoms. The van der Waals surface area contributed by atoms with Gasteiger partial charge in [0, 0.05) is 11.1 Å². The van der Waals surface area contributed by atoms with E-state index in [2.05, 4.69) is 13.2 Å². The Labute approximate surface area is 164 Å². The minimum atomic E-state index is -0.554. The Morgan fingerprint density at radius 1 is 0.679 bits per heavy atom. The Hall–Kier alpha value is -3.54. The highest BCUT2D eigenvalue weighted by Crippen LogP contribution is 2.37. The molecule has 6 heteroatoms. The van der Waals surface area contributed by atoms with E-state index in [9.17, 15) is 9.59 Å². The van der Waals surface area contributed by atoms with E-state index in [0.717, 1.165) is 11.1 Å². The number of ether oxygens (including phenoxy) is 4. The SMILES string of the molecule is C=C(C)C(=O)Oc1cc(-c2ccc(OC)c(OC(=O)C(=C)C)c2)ccc1OC. The maximum Gasteiger partial charge on any atom is 0.338 e. The highest BCUT2D eigenvalue weighted by Gasteiger charge is 2.15. The van der Waals surface area contributed by atoms with Crippen molar-refractivity contribution in [3.05, 3.63) is 60.7 Å². The van der Waals surface area contributed by atoms with E-state index in [1.807, 2.05) is 0 Å². The molecule has 0 radical (unpaired) electrons. The van der Waals surface area contributed by atoms with Crippen LogP contribution in [0.5, 0.6) is 23.0 Å². The summed E-state index contributed by atoms with van der Waals surface area (Å²) >= 11 is 0. The first kappa shape index (κ1) is 20.8. The lowest BCUT2D eigenvalue weighted by atomic mass is 10.0. The highest BCUT2D eigenvalue weighted by atomic mass is 16.6. The summed E-state index contributed by atoms with van der Waals surface area (Å²) in [5.41, 5.74) is 1.98. The Balaban J connectivity index is 2.46. The Bertz CT molecular complexity index is 865. The second-order valence-corrected chi connectivity index (χ2v) is 6.07. The normalized spacial score (nSPS) is 10.0. The summed E-state index contributed by atoms with van der Waals surface area (Å²) in [5, 5.41) is 0. The van der Waals surface area contributed by atoms with Gasteiger partial charge in [0.25, 0.3) is 0 Å². The van der Waals surface area contributed by atoms with Gasteiger partial charge in [-0.15, -0.1) is 0 Å². The molecule has 0 heterocycles. The van der Waals surface area contributed by atoms with Crippen LogP contribution in [0.2, 0.25) is 0 Å². The Kier molecular flexibility index (Phi) is 6.60. The average molecular weight is 382 g/mol. The average Bonchev–Trinajstić information content (AvgIpc) is 2.67. The summed E-state index contributed by atoms with van der Waals surface area (Å²) in [6.07, 6.45) is 0. The molecule has 0 aliphatic rings. The van der Waals surface area contributed by atoms with Crippen molar-refractivity contribution in [3.63, 3.8) is 0 Å². The molecule has 0 aliphatic carbocycles. The van der Waals surface area contributed by atoms with Crippen LogP contribution in [-0.4, -0.2) is 26.2 Å². The first-order valence-corrected chi connectivity index (χ1v) is 8.38. The molecule has 6 nitrogen and oxygen atoms in total. The lowest BCUT2D eigenvalue weighted by Gasteiger charge is -2.13. The topological polar surface area (TPSA) is 71.1 Å². The minimum absolute atomic E-state index is 0.254. The van der Waals surface area contributed by atoms with E-state index < -0.39 is 11.9 Å². The third-order valence-electron chi connectivity index (χ3n) is 3.76. The smallest absolute Gasteiger partial charge is 0.338 e. The molecule has 0 atom stereocenters. The molecule has 0 bridgehead atoms. The van der Waals surface area contributed by atoms with Crippen LogP contribution in [0.1, 0.15) is 13.8 Å². The predicted molar refractivity (Wildman–Crippen MR) is 106 cm³/mol. The molecule has 0 amide bonds. The number of hydrogen-bond acceptors (Lipinski definition) is 6. The van der Waals surface area contributed by atoms with Gasteiger partial charge < -0.3 is 18.9 Å². The zero-order valence-corrected chi connectivity index (χ0v) is 16.3. The molecule has 0 N–H and O–H groups in total. The summed E-state index contributed by atoms with van der Waals surface area (Å²) in [7, 11) is 2.96. The van der Waals surface area contributed by atoms with Gasteiger partial charge in [0.2, 0.25) is 0 Å². The number of methoxy groups -OCH3 is 2. The largest absolute Gasteiger partial charge is 0.493 e. The van der Waals surface area contributed by atoms with Gasteiger partial charge >= 0.3 is 11.9 Å². The molecular weight excluding hydrogens is 360 g/mol. The van der Waals surface area contributed by atoms with Gasteiger partial charge in [-0.3, -0.25) is 0 Å². The molecule has 146 valence electrons. The fraction of sp³-hybridized carbons (Fsp3) is 0.182. The van der Waals surface area contributed by atoms with Crippen LogP contribution >= 0.6 is 0 Å². The quantitative estimate of drug-likeness (QED) is 0.403. The zero-order valence-electron chi connectivity index (χ0n) is 16.3. The number of rotatable bonds is 7. The molecule has 2 rings (SSSR count). The number of benzene rings is 2. The van der Waals surface area contributed by atoms with Gasteiger partial charge in [0.1, 0.15) is 0 Å². The van der Waals surface area contributed by atoms with Crippen molar-refractivity contribution in [1.29, 1.82) is 0 Å². The van der Waals surface area contributed by atoms with Crippen LogP contribution in [-0.2, 0) is 9.59 Å². The second-order valence-electron chi connectivity index (χ2n) is 6.07. The van der Waals surface area contributed by atoms with Gasteiger partial charge in [-0.05, 0) is 49.2 Å². The number of hydrogen-bond donors (Lipinski definition) is 0. The van der Waals surface area contributed by atoms with Crippen LogP contribution < -0.4 is 18.9 Å². The van der Waals surface area contributed by atoms with E-state index >= 15 is 0 Å². The van der Waals surface area contributed by atoms with Crippen molar-refractivity contribution in [2.24, 2.45) is 0 Å². The molecule has 2 aromatic rings. The van der Waals surface area contributed by atoms with E-state index in [1.54, 1.807) is 50.2 Å². The van der Waals surface area contributed by atoms with Crippen molar-refractivity contribution < 1.29 is 28.5 Å². The summed E-state index contributed by atoms with van der Waals surface area (Å²) in [6, 6.07) is 10.3. The molecule has 0 saturated heterocycles. The summed E-state index contributed by atoms with van der Waals surface area (Å²) in [5.74, 6) is 0.206. The first-order valence-electron chi connectivity index (χ1n) is 8.38. The standard InChI is InChI=1S/C22H22O6/c1-13(2)21(23)27-19-11-15(7-9-17(19)25-5)16-8-10-18(26-6)20(12-16)28-22(24)14(3)4/h7-12H,1,3H2,2,4-6H3.